The van der Waals surface area contributed by atoms with E-state index in [2.05, 4.69) is 24.1 Å². The van der Waals surface area contributed by atoms with Gasteiger partial charge in [0.25, 0.3) is 0 Å². The zero-order valence-electron chi connectivity index (χ0n) is 13.0. The van der Waals surface area contributed by atoms with Gasteiger partial charge < -0.3 is 16.0 Å². The normalized spacial score (nSPS) is 12.4. The minimum absolute atomic E-state index is 0.0940. The van der Waals surface area contributed by atoms with Gasteiger partial charge in [0.05, 0.1) is 10.9 Å². The third-order valence-corrected chi connectivity index (χ3v) is 3.87. The predicted molar refractivity (Wildman–Crippen MR) is 91.2 cm³/mol. The number of nitrogens with two attached hydrogens (primary N) is 1. The first-order valence-corrected chi connectivity index (χ1v) is 7.63. The summed E-state index contributed by atoms with van der Waals surface area (Å²) < 4.78 is 0. The summed E-state index contributed by atoms with van der Waals surface area (Å²) >= 11 is 5.04. The Hall–Kier alpha value is -1.46. The largest absolute Gasteiger partial charge is 0.393 e. The van der Waals surface area contributed by atoms with Gasteiger partial charge >= 0.3 is 0 Å². The van der Waals surface area contributed by atoms with Gasteiger partial charge in [-0.15, -0.1) is 0 Å². The van der Waals surface area contributed by atoms with Crippen molar-refractivity contribution >= 4 is 23.1 Å². The van der Waals surface area contributed by atoms with Gasteiger partial charge in [-0.1, -0.05) is 42.5 Å². The summed E-state index contributed by atoms with van der Waals surface area (Å²) in [6.07, 6.45) is 0.544. The standard InChI is InChI=1S/C16H25N3OS/c1-12(2)19(3)10-9-18-16(20)14(15(17)21)11-13-7-5-4-6-8-13/h4-8,12,14H,9-11H2,1-3H3,(H2,17,21)(H,18,20). The number of hydrogen-bond acceptors (Lipinski definition) is 3. The Kier molecular flexibility index (Phi) is 7.32. The number of carbonyl (C=O) groups is 1. The molecule has 0 aliphatic rings. The Bertz CT molecular complexity index is 462. The van der Waals surface area contributed by atoms with E-state index in [-0.39, 0.29) is 10.9 Å². The van der Waals surface area contributed by atoms with Crippen molar-refractivity contribution in [2.75, 3.05) is 20.1 Å². The van der Waals surface area contributed by atoms with Crippen LogP contribution in [0.15, 0.2) is 30.3 Å². The monoisotopic (exact) mass is 307 g/mol. The smallest absolute Gasteiger partial charge is 0.230 e. The maximum Gasteiger partial charge on any atom is 0.230 e. The number of amides is 1. The van der Waals surface area contributed by atoms with E-state index >= 15 is 0 Å². The zero-order chi connectivity index (χ0) is 15.8. The molecule has 0 heterocycles. The Labute approximate surface area is 132 Å². The molecular formula is C16H25N3OS. The van der Waals surface area contributed by atoms with Crippen molar-refractivity contribution in [1.29, 1.82) is 0 Å². The molecule has 0 bridgehead atoms. The molecule has 0 saturated heterocycles. The Morgan fingerprint density at radius 2 is 1.95 bits per heavy atom. The quantitative estimate of drug-likeness (QED) is 0.716. The summed E-state index contributed by atoms with van der Waals surface area (Å²) in [5.74, 6) is -0.546. The van der Waals surface area contributed by atoms with Gasteiger partial charge in [0.2, 0.25) is 5.91 Å². The number of nitrogens with zero attached hydrogens (tertiary/aromatic N) is 1. The van der Waals surface area contributed by atoms with Crippen LogP contribution in [0.5, 0.6) is 0 Å². The van der Waals surface area contributed by atoms with Crippen LogP contribution in [-0.4, -0.2) is 42.0 Å². The van der Waals surface area contributed by atoms with E-state index in [0.29, 0.717) is 19.0 Å². The summed E-state index contributed by atoms with van der Waals surface area (Å²) in [4.78, 5) is 14.7. The highest BCUT2D eigenvalue weighted by Crippen LogP contribution is 2.09. The molecule has 21 heavy (non-hydrogen) atoms. The fourth-order valence-electron chi connectivity index (χ4n) is 1.91. The maximum atomic E-state index is 12.2. The average molecular weight is 307 g/mol. The molecule has 1 rings (SSSR count). The van der Waals surface area contributed by atoms with E-state index in [0.717, 1.165) is 12.1 Å². The lowest BCUT2D eigenvalue weighted by Gasteiger charge is -2.22. The Balaban J connectivity index is 2.52. The molecule has 0 aromatic heterocycles. The van der Waals surface area contributed by atoms with E-state index < -0.39 is 5.92 Å². The van der Waals surface area contributed by atoms with Crippen LogP contribution >= 0.6 is 12.2 Å². The molecule has 1 atom stereocenters. The van der Waals surface area contributed by atoms with E-state index in [4.69, 9.17) is 18.0 Å². The highest BCUT2D eigenvalue weighted by atomic mass is 32.1. The lowest BCUT2D eigenvalue weighted by atomic mass is 9.98. The zero-order valence-corrected chi connectivity index (χ0v) is 13.8. The van der Waals surface area contributed by atoms with Crippen LogP contribution in [0.3, 0.4) is 0 Å². The van der Waals surface area contributed by atoms with Crippen molar-refractivity contribution in [3.63, 3.8) is 0 Å². The highest BCUT2D eigenvalue weighted by molar-refractivity contribution is 7.80. The van der Waals surface area contributed by atoms with Crippen molar-refractivity contribution in [2.45, 2.75) is 26.3 Å². The number of hydrogen-bond donors (Lipinski definition) is 2. The van der Waals surface area contributed by atoms with E-state index in [1.54, 1.807) is 0 Å². The van der Waals surface area contributed by atoms with Crippen LogP contribution in [0.4, 0.5) is 0 Å². The molecule has 5 heteroatoms. The van der Waals surface area contributed by atoms with Crippen molar-refractivity contribution in [3.8, 4) is 0 Å². The first kappa shape index (κ1) is 17.6. The summed E-state index contributed by atoms with van der Waals surface area (Å²) in [6, 6.07) is 10.2. The van der Waals surface area contributed by atoms with Crippen LogP contribution in [0, 0.1) is 5.92 Å². The number of nitrogens with one attached hydrogen (secondary N) is 1. The molecule has 1 amide bonds. The summed E-state index contributed by atoms with van der Waals surface area (Å²) in [7, 11) is 2.03. The molecule has 4 nitrogen and oxygen atoms in total. The third-order valence-electron chi connectivity index (χ3n) is 3.59. The summed E-state index contributed by atoms with van der Waals surface area (Å²) in [5.41, 5.74) is 6.79. The molecular weight excluding hydrogens is 282 g/mol. The number of carbonyl (C=O) groups excluding carboxylic acids is 1. The van der Waals surface area contributed by atoms with Crippen LogP contribution in [0.2, 0.25) is 0 Å². The van der Waals surface area contributed by atoms with Crippen molar-refractivity contribution in [3.05, 3.63) is 35.9 Å². The van der Waals surface area contributed by atoms with Gasteiger partial charge in [0.15, 0.2) is 0 Å². The van der Waals surface area contributed by atoms with Gasteiger partial charge in [-0.3, -0.25) is 4.79 Å². The van der Waals surface area contributed by atoms with Gasteiger partial charge in [0, 0.05) is 19.1 Å². The van der Waals surface area contributed by atoms with Crippen LogP contribution in [0.25, 0.3) is 0 Å². The Morgan fingerprint density at radius 1 is 1.33 bits per heavy atom. The molecule has 3 N–H and O–H groups in total. The van der Waals surface area contributed by atoms with E-state index in [1.165, 1.54) is 0 Å². The van der Waals surface area contributed by atoms with Crippen LogP contribution < -0.4 is 11.1 Å². The van der Waals surface area contributed by atoms with Crippen molar-refractivity contribution < 1.29 is 4.79 Å². The molecule has 1 aromatic carbocycles. The lowest BCUT2D eigenvalue weighted by molar-refractivity contribution is -0.123. The van der Waals surface area contributed by atoms with Crippen molar-refractivity contribution in [2.24, 2.45) is 11.7 Å². The van der Waals surface area contributed by atoms with Crippen LogP contribution in [0.1, 0.15) is 19.4 Å². The second kappa shape index (κ2) is 8.74. The first-order valence-electron chi connectivity index (χ1n) is 7.23. The third kappa shape index (κ3) is 6.23. The van der Waals surface area contributed by atoms with Gasteiger partial charge in [-0.2, -0.15) is 0 Å². The minimum Gasteiger partial charge on any atom is -0.393 e. The van der Waals surface area contributed by atoms with Crippen molar-refractivity contribution in [1.82, 2.24) is 10.2 Å². The van der Waals surface area contributed by atoms with E-state index in [1.807, 2.05) is 37.4 Å². The number of likely N-dealkylation sites (N-methyl/N-ethyl adjacent to an activating group) is 1. The van der Waals surface area contributed by atoms with Crippen LogP contribution in [-0.2, 0) is 11.2 Å². The minimum atomic E-state index is -0.452. The second-order valence-electron chi connectivity index (χ2n) is 5.51. The highest BCUT2D eigenvalue weighted by Gasteiger charge is 2.21. The SMILES string of the molecule is CC(C)N(C)CCNC(=O)C(Cc1ccccc1)C(N)=S. The molecule has 0 radical (unpaired) electrons. The number of rotatable bonds is 8. The topological polar surface area (TPSA) is 58.4 Å². The second-order valence-corrected chi connectivity index (χ2v) is 5.98. The number of benzene rings is 1. The fraction of sp³-hybridized carbons (Fsp3) is 0.500. The van der Waals surface area contributed by atoms with E-state index in [9.17, 15) is 4.79 Å². The molecule has 1 unspecified atom stereocenters. The molecule has 116 valence electrons. The Morgan fingerprint density at radius 3 is 2.48 bits per heavy atom. The predicted octanol–water partition coefficient (Wildman–Crippen LogP) is 1.59. The molecule has 0 aliphatic heterocycles. The summed E-state index contributed by atoms with van der Waals surface area (Å²) in [5, 5.41) is 2.92. The average Bonchev–Trinajstić information content (AvgIpc) is 2.45. The molecule has 0 saturated carbocycles. The molecule has 0 fully saturated rings. The molecule has 0 spiro atoms. The molecule has 0 aliphatic carbocycles. The molecule has 1 aromatic rings. The lowest BCUT2D eigenvalue weighted by Crippen LogP contribution is -2.42. The first-order chi connectivity index (χ1) is 9.91. The summed E-state index contributed by atoms with van der Waals surface area (Å²) in [6.45, 7) is 5.64. The van der Waals surface area contributed by atoms with Gasteiger partial charge in [-0.05, 0) is 32.9 Å². The number of thiocarbonyl (C=S) groups is 1. The maximum absolute atomic E-state index is 12.2. The van der Waals surface area contributed by atoms with Gasteiger partial charge in [0.1, 0.15) is 0 Å². The van der Waals surface area contributed by atoms with Gasteiger partial charge in [-0.25, -0.2) is 0 Å². The fourth-order valence-corrected chi connectivity index (χ4v) is 2.10.